The maximum atomic E-state index is 12.5. The Morgan fingerprint density at radius 3 is 2.53 bits per heavy atom. The van der Waals surface area contributed by atoms with Crippen molar-refractivity contribution in [3.05, 3.63) is 35.9 Å². The number of hydrazone groups is 1. The summed E-state index contributed by atoms with van der Waals surface area (Å²) in [4.78, 5) is 37.0. The fourth-order valence-corrected chi connectivity index (χ4v) is 5.10. The Morgan fingerprint density at radius 1 is 1.20 bits per heavy atom. The SMILES string of the molecule is C[C@H](OC(=O)C1=NN([C@H]2CCS(=O)(=O)C2)C(=O)CC1)C(=O)N[C@H](C)c1ccccc1. The topological polar surface area (TPSA) is 122 Å². The Balaban J connectivity index is 1.60. The highest BCUT2D eigenvalue weighted by Gasteiger charge is 2.38. The fourth-order valence-electron chi connectivity index (χ4n) is 3.41. The maximum absolute atomic E-state index is 12.5. The van der Waals surface area contributed by atoms with Crippen molar-refractivity contribution < 1.29 is 27.5 Å². The van der Waals surface area contributed by atoms with Gasteiger partial charge in [-0.3, -0.25) is 9.59 Å². The zero-order chi connectivity index (χ0) is 21.9. The third-order valence-corrected chi connectivity index (χ3v) is 6.91. The molecule has 0 aliphatic carbocycles. The summed E-state index contributed by atoms with van der Waals surface area (Å²) in [7, 11) is -3.20. The van der Waals surface area contributed by atoms with Crippen LogP contribution in [-0.2, 0) is 29.0 Å². The number of benzene rings is 1. The van der Waals surface area contributed by atoms with Crippen molar-refractivity contribution in [3.63, 3.8) is 0 Å². The van der Waals surface area contributed by atoms with E-state index in [1.54, 1.807) is 0 Å². The number of carbonyl (C=O) groups is 3. The van der Waals surface area contributed by atoms with Crippen LogP contribution in [0.1, 0.15) is 44.7 Å². The zero-order valence-corrected chi connectivity index (χ0v) is 17.7. The summed E-state index contributed by atoms with van der Waals surface area (Å²) in [5.41, 5.74) is 0.927. The van der Waals surface area contributed by atoms with Gasteiger partial charge in [-0.05, 0) is 25.8 Å². The number of ether oxygens (including phenoxy) is 1. The van der Waals surface area contributed by atoms with Gasteiger partial charge >= 0.3 is 5.97 Å². The average Bonchev–Trinajstić information content (AvgIpc) is 3.08. The number of rotatable bonds is 6. The third kappa shape index (κ3) is 5.24. The van der Waals surface area contributed by atoms with Crippen molar-refractivity contribution in [2.45, 2.75) is 51.3 Å². The van der Waals surface area contributed by atoms with Crippen molar-refractivity contribution >= 4 is 33.3 Å². The molecule has 3 rings (SSSR count). The van der Waals surface area contributed by atoms with E-state index in [9.17, 15) is 22.8 Å². The molecule has 1 N–H and O–H groups in total. The monoisotopic (exact) mass is 435 g/mol. The number of hydrogen-bond donors (Lipinski definition) is 1. The van der Waals surface area contributed by atoms with Gasteiger partial charge in [0, 0.05) is 12.8 Å². The highest BCUT2D eigenvalue weighted by Crippen LogP contribution is 2.22. The number of amides is 2. The Kier molecular flexibility index (Phi) is 6.55. The summed E-state index contributed by atoms with van der Waals surface area (Å²) < 4.78 is 28.6. The molecular weight excluding hydrogens is 410 g/mol. The molecule has 10 heteroatoms. The molecule has 1 aromatic rings. The minimum atomic E-state index is -3.20. The van der Waals surface area contributed by atoms with Crippen LogP contribution >= 0.6 is 0 Å². The van der Waals surface area contributed by atoms with Crippen molar-refractivity contribution in [1.82, 2.24) is 10.3 Å². The molecule has 162 valence electrons. The molecule has 2 amide bonds. The lowest BCUT2D eigenvalue weighted by Gasteiger charge is -2.27. The van der Waals surface area contributed by atoms with E-state index in [0.717, 1.165) is 10.6 Å². The lowest BCUT2D eigenvalue weighted by molar-refractivity contribution is -0.149. The lowest BCUT2D eigenvalue weighted by atomic mass is 10.1. The third-order valence-electron chi connectivity index (χ3n) is 5.16. The Morgan fingerprint density at radius 2 is 1.90 bits per heavy atom. The standard InChI is InChI=1S/C20H25N3O6S/c1-13(15-6-4-3-5-7-15)21-19(25)14(2)29-20(26)17-8-9-18(24)23(22-17)16-10-11-30(27,28)12-16/h3-7,13-14,16H,8-12H2,1-2H3,(H,21,25)/t13-,14+,16+/m1/s1. The van der Waals surface area contributed by atoms with Crippen LogP contribution in [0.2, 0.25) is 0 Å². The molecule has 9 nitrogen and oxygen atoms in total. The normalized spacial score (nSPS) is 22.7. The Labute approximate surface area is 175 Å². The number of hydrogen-bond acceptors (Lipinski definition) is 7. The molecule has 0 bridgehead atoms. The molecule has 0 saturated carbocycles. The van der Waals surface area contributed by atoms with E-state index in [4.69, 9.17) is 4.74 Å². The molecule has 30 heavy (non-hydrogen) atoms. The van der Waals surface area contributed by atoms with Crippen molar-refractivity contribution in [1.29, 1.82) is 0 Å². The highest BCUT2D eigenvalue weighted by atomic mass is 32.2. The molecule has 0 aromatic heterocycles. The van der Waals surface area contributed by atoms with E-state index < -0.39 is 33.9 Å². The highest BCUT2D eigenvalue weighted by molar-refractivity contribution is 7.91. The molecule has 0 radical (unpaired) electrons. The molecule has 2 heterocycles. The smallest absolute Gasteiger partial charge is 0.355 e. The molecule has 2 aliphatic heterocycles. The lowest BCUT2D eigenvalue weighted by Crippen LogP contribution is -2.43. The molecule has 0 spiro atoms. The largest absolute Gasteiger partial charge is 0.448 e. The van der Waals surface area contributed by atoms with Gasteiger partial charge in [-0.2, -0.15) is 5.10 Å². The first-order chi connectivity index (χ1) is 14.2. The first-order valence-corrected chi connectivity index (χ1v) is 11.6. The summed E-state index contributed by atoms with van der Waals surface area (Å²) in [5.74, 6) is -1.74. The van der Waals surface area contributed by atoms with Crippen molar-refractivity contribution in [2.24, 2.45) is 5.10 Å². The van der Waals surface area contributed by atoms with Crippen LogP contribution in [-0.4, -0.2) is 60.6 Å². The molecule has 1 fully saturated rings. The average molecular weight is 436 g/mol. The van der Waals surface area contributed by atoms with E-state index in [1.807, 2.05) is 37.3 Å². The first-order valence-electron chi connectivity index (χ1n) is 9.82. The van der Waals surface area contributed by atoms with Gasteiger partial charge in [0.2, 0.25) is 5.91 Å². The second-order valence-electron chi connectivity index (χ2n) is 7.53. The molecule has 1 aromatic carbocycles. The minimum absolute atomic E-state index is 0.00640. The van der Waals surface area contributed by atoms with Gasteiger partial charge in [0.15, 0.2) is 15.9 Å². The number of carbonyl (C=O) groups excluding carboxylic acids is 3. The number of sulfone groups is 1. The van der Waals surface area contributed by atoms with Gasteiger partial charge in [-0.15, -0.1) is 0 Å². The van der Waals surface area contributed by atoms with Crippen LogP contribution in [0.15, 0.2) is 35.4 Å². The summed E-state index contributed by atoms with van der Waals surface area (Å²) in [6.45, 7) is 3.28. The van der Waals surface area contributed by atoms with Crippen molar-refractivity contribution in [2.75, 3.05) is 11.5 Å². The van der Waals surface area contributed by atoms with Gasteiger partial charge < -0.3 is 10.1 Å². The number of nitrogens with zero attached hydrogens (tertiary/aromatic N) is 2. The second kappa shape index (κ2) is 8.95. The van der Waals surface area contributed by atoms with Crippen LogP contribution in [0, 0.1) is 0 Å². The van der Waals surface area contributed by atoms with Gasteiger partial charge in [0.25, 0.3) is 5.91 Å². The predicted octanol–water partition coefficient (Wildman–Crippen LogP) is 0.961. The number of esters is 1. The number of nitrogens with one attached hydrogen (secondary N) is 1. The van der Waals surface area contributed by atoms with Gasteiger partial charge in [-0.25, -0.2) is 18.2 Å². The van der Waals surface area contributed by atoms with Crippen LogP contribution in [0.4, 0.5) is 0 Å². The van der Waals surface area contributed by atoms with Crippen LogP contribution < -0.4 is 5.32 Å². The summed E-state index contributed by atoms with van der Waals surface area (Å²) in [6.07, 6.45) is -0.640. The van der Waals surface area contributed by atoms with E-state index >= 15 is 0 Å². The fraction of sp³-hybridized carbons (Fsp3) is 0.500. The van der Waals surface area contributed by atoms with Gasteiger partial charge in [0.05, 0.1) is 23.6 Å². The Bertz CT molecular complexity index is 960. The van der Waals surface area contributed by atoms with E-state index in [0.29, 0.717) is 0 Å². The first kappa shape index (κ1) is 21.9. The Hall–Kier alpha value is -2.75. The quantitative estimate of drug-likeness (QED) is 0.664. The zero-order valence-electron chi connectivity index (χ0n) is 16.9. The second-order valence-corrected chi connectivity index (χ2v) is 9.76. The van der Waals surface area contributed by atoms with Crippen LogP contribution in [0.5, 0.6) is 0 Å². The molecule has 1 saturated heterocycles. The van der Waals surface area contributed by atoms with Gasteiger partial charge in [0.1, 0.15) is 5.71 Å². The van der Waals surface area contributed by atoms with E-state index in [-0.39, 0.29) is 48.4 Å². The summed E-state index contributed by atoms with van der Waals surface area (Å²) in [5, 5.41) is 7.94. The van der Waals surface area contributed by atoms with Crippen molar-refractivity contribution in [3.8, 4) is 0 Å². The van der Waals surface area contributed by atoms with Crippen LogP contribution in [0.3, 0.4) is 0 Å². The van der Waals surface area contributed by atoms with Crippen LogP contribution in [0.25, 0.3) is 0 Å². The molecule has 0 unspecified atom stereocenters. The maximum Gasteiger partial charge on any atom is 0.355 e. The summed E-state index contributed by atoms with van der Waals surface area (Å²) in [6, 6.07) is 8.54. The van der Waals surface area contributed by atoms with E-state index in [2.05, 4.69) is 10.4 Å². The molecule has 3 atom stereocenters. The minimum Gasteiger partial charge on any atom is -0.448 e. The summed E-state index contributed by atoms with van der Waals surface area (Å²) >= 11 is 0. The van der Waals surface area contributed by atoms with Gasteiger partial charge in [-0.1, -0.05) is 30.3 Å². The van der Waals surface area contributed by atoms with E-state index in [1.165, 1.54) is 6.92 Å². The molecular formula is C20H25N3O6S. The predicted molar refractivity (Wildman–Crippen MR) is 109 cm³/mol. The molecule has 2 aliphatic rings.